The molecule has 1 saturated carbocycles. The van der Waals surface area contributed by atoms with E-state index in [2.05, 4.69) is 11.7 Å². The molecule has 0 amide bonds. The molecule has 3 aromatic carbocycles. The molecule has 1 aliphatic carbocycles. The number of ether oxygens (including phenoxy) is 2. The van der Waals surface area contributed by atoms with Crippen LogP contribution in [0.25, 0.3) is 11.1 Å². The third-order valence-corrected chi connectivity index (χ3v) is 7.49. The summed E-state index contributed by atoms with van der Waals surface area (Å²) in [5.41, 5.74) is 0.0990. The molecule has 0 aromatic heterocycles. The van der Waals surface area contributed by atoms with Crippen molar-refractivity contribution in [1.82, 2.24) is 0 Å². The summed E-state index contributed by atoms with van der Waals surface area (Å²) >= 11 is 0. The van der Waals surface area contributed by atoms with Gasteiger partial charge in [0.2, 0.25) is 5.75 Å². The monoisotopic (exact) mass is 568 g/mol. The third-order valence-electron chi connectivity index (χ3n) is 7.49. The molecule has 0 spiro atoms. The zero-order chi connectivity index (χ0) is 29.0. The fraction of sp³-hybridized carbons (Fsp3) is 0.419. The number of hydrogen-bond acceptors (Lipinski definition) is 2. The molecule has 1 fully saturated rings. The molecule has 2 nitrogen and oxygen atoms in total. The molecule has 4 rings (SSSR count). The Morgan fingerprint density at radius 1 is 0.825 bits per heavy atom. The maximum atomic E-state index is 15.9. The molecule has 0 radical (unpaired) electrons. The summed E-state index contributed by atoms with van der Waals surface area (Å²) in [5.74, 6) is -6.17. The van der Waals surface area contributed by atoms with E-state index in [1.165, 1.54) is 37.6 Å². The molecule has 0 heterocycles. The van der Waals surface area contributed by atoms with E-state index in [0.717, 1.165) is 32.1 Å². The highest BCUT2D eigenvalue weighted by Gasteiger charge is 2.34. The van der Waals surface area contributed by atoms with Crippen molar-refractivity contribution in [3.63, 3.8) is 0 Å². The first-order valence-corrected chi connectivity index (χ1v) is 13.5. The molecule has 3 aromatic rings. The highest BCUT2D eigenvalue weighted by molar-refractivity contribution is 5.72. The van der Waals surface area contributed by atoms with Crippen LogP contribution in [-0.2, 0) is 0 Å². The largest absolute Gasteiger partial charge is 0.573 e. The molecule has 216 valence electrons. The van der Waals surface area contributed by atoms with E-state index in [4.69, 9.17) is 4.74 Å². The van der Waals surface area contributed by atoms with Crippen molar-refractivity contribution in [2.45, 2.75) is 77.5 Å². The Labute approximate surface area is 229 Å². The predicted octanol–water partition coefficient (Wildman–Crippen LogP) is 10.8. The summed E-state index contributed by atoms with van der Waals surface area (Å²) in [6, 6.07) is 8.47. The average Bonchev–Trinajstić information content (AvgIpc) is 2.89. The summed E-state index contributed by atoms with van der Waals surface area (Å²) in [7, 11) is 0. The number of aryl methyl sites for hydroxylation is 1. The minimum atomic E-state index is -5.28. The number of benzene rings is 3. The molecule has 0 saturated heterocycles. The highest BCUT2D eigenvalue weighted by Crippen LogP contribution is 2.44. The van der Waals surface area contributed by atoms with E-state index in [9.17, 15) is 22.0 Å². The molecule has 40 heavy (non-hydrogen) atoms. The average molecular weight is 569 g/mol. The topological polar surface area (TPSA) is 18.5 Å². The van der Waals surface area contributed by atoms with E-state index >= 15 is 8.78 Å². The molecule has 0 bridgehead atoms. The molecular weight excluding hydrogens is 537 g/mol. The molecule has 0 N–H and O–H groups in total. The van der Waals surface area contributed by atoms with Gasteiger partial charge in [0.1, 0.15) is 11.6 Å². The zero-order valence-electron chi connectivity index (χ0n) is 22.3. The van der Waals surface area contributed by atoms with Crippen molar-refractivity contribution in [3.8, 4) is 28.4 Å². The molecule has 0 unspecified atom stereocenters. The van der Waals surface area contributed by atoms with Crippen LogP contribution in [0.15, 0.2) is 42.5 Å². The lowest BCUT2D eigenvalue weighted by Gasteiger charge is -2.30. The van der Waals surface area contributed by atoms with Gasteiger partial charge in [-0.3, -0.25) is 0 Å². The number of unbranched alkanes of at least 4 members (excludes halogenated alkanes) is 2. The molecular formula is C31H31F7O2. The van der Waals surface area contributed by atoms with Gasteiger partial charge in [0, 0.05) is 11.1 Å². The third kappa shape index (κ3) is 6.91. The van der Waals surface area contributed by atoms with Gasteiger partial charge in [-0.1, -0.05) is 50.8 Å². The van der Waals surface area contributed by atoms with Gasteiger partial charge in [0.05, 0.1) is 0 Å². The quantitative estimate of drug-likeness (QED) is 0.189. The van der Waals surface area contributed by atoms with Crippen LogP contribution in [-0.4, -0.2) is 6.36 Å². The van der Waals surface area contributed by atoms with Gasteiger partial charge in [-0.05, 0) is 79.8 Å². The Kier molecular flexibility index (Phi) is 9.31. The summed E-state index contributed by atoms with van der Waals surface area (Å²) in [6.45, 7) is 3.64. The summed E-state index contributed by atoms with van der Waals surface area (Å²) in [5, 5.41) is 0. The standard InChI is InChI=1S/C31H31F7O2/c1-3-4-5-8-19-11-13-20(14-12-19)27-23(32)15-18(2)29(28(27)35)39-26-10-7-6-9-22(26)21-16-24(33)30(25(34)17-21)40-31(36,37)38/h6-7,9-10,15-17,19-20H,3-5,8,11-14H2,1-2H3. The SMILES string of the molecule is CCCCCC1CCC(c2c(F)cc(C)c(Oc3ccccc3-c3cc(F)c(OC(F)(F)F)c(F)c3)c2F)CC1. The minimum absolute atomic E-state index is 0.00928. The first-order chi connectivity index (χ1) is 19.0. The number of halogens is 7. The van der Waals surface area contributed by atoms with Crippen LogP contribution in [0.4, 0.5) is 30.7 Å². The van der Waals surface area contributed by atoms with Gasteiger partial charge in [-0.2, -0.15) is 0 Å². The van der Waals surface area contributed by atoms with E-state index in [1.54, 1.807) is 6.07 Å². The first kappa shape index (κ1) is 29.7. The second-order valence-electron chi connectivity index (χ2n) is 10.4. The summed E-state index contributed by atoms with van der Waals surface area (Å²) in [6.07, 6.45) is 2.42. The van der Waals surface area contributed by atoms with Crippen LogP contribution in [0, 0.1) is 36.1 Å². The summed E-state index contributed by atoms with van der Waals surface area (Å²) in [4.78, 5) is 0. The predicted molar refractivity (Wildman–Crippen MR) is 138 cm³/mol. The number of alkyl halides is 3. The van der Waals surface area contributed by atoms with E-state index in [1.807, 2.05) is 0 Å². The van der Waals surface area contributed by atoms with Gasteiger partial charge < -0.3 is 9.47 Å². The molecule has 9 heteroatoms. The van der Waals surface area contributed by atoms with Gasteiger partial charge in [-0.25, -0.2) is 17.6 Å². The van der Waals surface area contributed by atoms with Crippen LogP contribution in [0.1, 0.15) is 75.3 Å². The Bertz CT molecular complexity index is 1300. The molecule has 0 aliphatic heterocycles. The second kappa shape index (κ2) is 12.5. The summed E-state index contributed by atoms with van der Waals surface area (Å²) < 4.78 is 107. The van der Waals surface area contributed by atoms with Crippen molar-refractivity contribution in [2.24, 2.45) is 5.92 Å². The Morgan fingerprint density at radius 3 is 2.10 bits per heavy atom. The van der Waals surface area contributed by atoms with E-state index in [-0.39, 0.29) is 39.7 Å². The Morgan fingerprint density at radius 2 is 1.48 bits per heavy atom. The molecule has 0 atom stereocenters. The Hall–Kier alpha value is -3.23. The number of hydrogen-bond donors (Lipinski definition) is 0. The smallest absolute Gasteiger partial charge is 0.453 e. The first-order valence-electron chi connectivity index (χ1n) is 13.5. The van der Waals surface area contributed by atoms with Gasteiger partial charge in [0.15, 0.2) is 23.2 Å². The lowest BCUT2D eigenvalue weighted by molar-refractivity contribution is -0.276. The van der Waals surface area contributed by atoms with Crippen LogP contribution >= 0.6 is 0 Å². The van der Waals surface area contributed by atoms with Crippen molar-refractivity contribution >= 4 is 0 Å². The lowest BCUT2D eigenvalue weighted by atomic mass is 9.76. The lowest BCUT2D eigenvalue weighted by Crippen LogP contribution is -2.19. The minimum Gasteiger partial charge on any atom is -0.453 e. The fourth-order valence-corrected chi connectivity index (χ4v) is 5.49. The number of para-hydroxylation sites is 1. The van der Waals surface area contributed by atoms with Crippen LogP contribution in [0.3, 0.4) is 0 Å². The maximum Gasteiger partial charge on any atom is 0.573 e. The van der Waals surface area contributed by atoms with Crippen LogP contribution < -0.4 is 9.47 Å². The van der Waals surface area contributed by atoms with E-state index < -0.39 is 35.4 Å². The van der Waals surface area contributed by atoms with Crippen molar-refractivity contribution in [3.05, 3.63) is 76.9 Å². The second-order valence-corrected chi connectivity index (χ2v) is 10.4. The van der Waals surface area contributed by atoms with Crippen LogP contribution in [0.5, 0.6) is 17.2 Å². The Balaban J connectivity index is 1.62. The van der Waals surface area contributed by atoms with Crippen molar-refractivity contribution in [1.29, 1.82) is 0 Å². The van der Waals surface area contributed by atoms with Gasteiger partial charge >= 0.3 is 6.36 Å². The van der Waals surface area contributed by atoms with Crippen LogP contribution in [0.2, 0.25) is 0 Å². The number of rotatable bonds is 9. The maximum absolute atomic E-state index is 15.9. The van der Waals surface area contributed by atoms with Crippen molar-refractivity contribution in [2.75, 3.05) is 0 Å². The van der Waals surface area contributed by atoms with Crippen molar-refractivity contribution < 1.29 is 40.2 Å². The van der Waals surface area contributed by atoms with E-state index in [0.29, 0.717) is 30.9 Å². The zero-order valence-corrected chi connectivity index (χ0v) is 22.3. The normalized spacial score (nSPS) is 17.6. The molecule has 1 aliphatic rings. The fourth-order valence-electron chi connectivity index (χ4n) is 5.49. The van der Waals surface area contributed by atoms with Gasteiger partial charge in [-0.15, -0.1) is 13.2 Å². The van der Waals surface area contributed by atoms with Gasteiger partial charge in [0.25, 0.3) is 0 Å². The highest BCUT2D eigenvalue weighted by atomic mass is 19.4.